The van der Waals surface area contributed by atoms with Crippen molar-refractivity contribution in [1.82, 2.24) is 10.6 Å². The molecule has 0 heterocycles. The van der Waals surface area contributed by atoms with Gasteiger partial charge in [0.25, 0.3) is 0 Å². The van der Waals surface area contributed by atoms with Crippen LogP contribution in [0.1, 0.15) is 36.1 Å². The third-order valence-electron chi connectivity index (χ3n) is 4.92. The molecule has 0 aliphatic heterocycles. The maximum Gasteiger partial charge on any atom is 0.326 e. The Hall–Kier alpha value is -3.68. The molecule has 0 spiro atoms. The number of carboxylic acids is 2. The van der Waals surface area contributed by atoms with Gasteiger partial charge in [0.05, 0.1) is 0 Å². The van der Waals surface area contributed by atoms with Gasteiger partial charge in [-0.3, -0.25) is 9.59 Å². The lowest BCUT2D eigenvalue weighted by atomic mass is 9.97. The maximum atomic E-state index is 11.4. The molecule has 2 amide bonds. The Morgan fingerprint density at radius 3 is 1.34 bits per heavy atom. The maximum absolute atomic E-state index is 11.4. The van der Waals surface area contributed by atoms with Crippen LogP contribution >= 0.6 is 0 Å². The first-order valence-corrected chi connectivity index (χ1v) is 10.3. The minimum absolute atomic E-state index is 0.192. The fourth-order valence-electron chi connectivity index (χ4n) is 3.48. The molecule has 0 bridgehead atoms. The van der Waals surface area contributed by atoms with Gasteiger partial charge in [0, 0.05) is 26.7 Å². The van der Waals surface area contributed by atoms with Gasteiger partial charge in [-0.1, -0.05) is 48.5 Å². The molecule has 32 heavy (non-hydrogen) atoms. The molecule has 0 fully saturated rings. The molecule has 0 radical (unpaired) electrons. The van der Waals surface area contributed by atoms with Gasteiger partial charge >= 0.3 is 11.9 Å². The van der Waals surface area contributed by atoms with E-state index < -0.39 is 35.8 Å². The predicted molar refractivity (Wildman–Crippen MR) is 118 cm³/mol. The summed E-state index contributed by atoms with van der Waals surface area (Å²) in [5, 5.41) is 23.5. The van der Waals surface area contributed by atoms with Crippen molar-refractivity contribution in [2.75, 3.05) is 0 Å². The first-order valence-electron chi connectivity index (χ1n) is 10.3. The molecule has 2 rings (SSSR count). The van der Waals surface area contributed by atoms with E-state index in [1.807, 2.05) is 48.5 Å². The molecule has 4 N–H and O–H groups in total. The van der Waals surface area contributed by atoms with Crippen LogP contribution < -0.4 is 10.6 Å². The molecular formula is C24H28N2O6. The number of carboxylic acid groups (broad SMARTS) is 2. The van der Waals surface area contributed by atoms with Crippen molar-refractivity contribution in [3.63, 3.8) is 0 Å². The zero-order valence-electron chi connectivity index (χ0n) is 18.1. The smallest absolute Gasteiger partial charge is 0.326 e. The summed E-state index contributed by atoms with van der Waals surface area (Å²) in [5.74, 6) is -2.95. The van der Waals surface area contributed by atoms with Gasteiger partial charge in [-0.25, -0.2) is 9.59 Å². The molecule has 170 valence electrons. The summed E-state index contributed by atoms with van der Waals surface area (Å²) in [4.78, 5) is 45.2. The van der Waals surface area contributed by atoms with Gasteiger partial charge in [0.2, 0.25) is 11.8 Å². The predicted octanol–water partition coefficient (Wildman–Crippen LogP) is 1.74. The molecule has 2 aromatic carbocycles. The van der Waals surface area contributed by atoms with E-state index in [0.29, 0.717) is 12.8 Å². The normalized spacial score (nSPS) is 12.4. The quantitative estimate of drug-likeness (QED) is 0.421. The number of aliphatic carboxylic acids is 2. The average Bonchev–Trinajstić information content (AvgIpc) is 2.71. The van der Waals surface area contributed by atoms with Gasteiger partial charge in [0.15, 0.2) is 0 Å². The number of rotatable bonds is 11. The van der Waals surface area contributed by atoms with Crippen molar-refractivity contribution < 1.29 is 29.4 Å². The van der Waals surface area contributed by atoms with Crippen LogP contribution in [0, 0.1) is 0 Å². The highest BCUT2D eigenvalue weighted by atomic mass is 16.4. The molecule has 0 saturated carbocycles. The summed E-state index contributed by atoms with van der Waals surface area (Å²) >= 11 is 0. The SMILES string of the molecule is CC(=O)N[C@@H](Cc1cccc(CCc2cccc(C[C@@H](NC(C)=O)C(=O)O)c2)c1)C(=O)O. The number of benzene rings is 2. The molecule has 0 aliphatic rings. The molecule has 0 aliphatic carbocycles. The number of hydrogen-bond donors (Lipinski definition) is 4. The third kappa shape index (κ3) is 8.22. The molecule has 8 nitrogen and oxygen atoms in total. The van der Waals surface area contributed by atoms with E-state index in [-0.39, 0.29) is 12.8 Å². The van der Waals surface area contributed by atoms with Crippen molar-refractivity contribution in [2.24, 2.45) is 0 Å². The van der Waals surface area contributed by atoms with Gasteiger partial charge in [-0.05, 0) is 35.1 Å². The van der Waals surface area contributed by atoms with Crippen LogP contribution in [-0.2, 0) is 44.9 Å². The van der Waals surface area contributed by atoms with E-state index in [0.717, 1.165) is 22.3 Å². The monoisotopic (exact) mass is 440 g/mol. The van der Waals surface area contributed by atoms with E-state index in [1.165, 1.54) is 13.8 Å². The largest absolute Gasteiger partial charge is 0.480 e. The van der Waals surface area contributed by atoms with Gasteiger partial charge in [-0.15, -0.1) is 0 Å². The minimum atomic E-state index is -1.08. The molecule has 0 saturated heterocycles. The molecule has 0 aromatic heterocycles. The zero-order chi connectivity index (χ0) is 23.7. The first kappa shape index (κ1) is 24.6. The van der Waals surface area contributed by atoms with E-state index in [9.17, 15) is 29.4 Å². The summed E-state index contributed by atoms with van der Waals surface area (Å²) in [6, 6.07) is 13.2. The topological polar surface area (TPSA) is 133 Å². The van der Waals surface area contributed by atoms with Crippen molar-refractivity contribution in [2.45, 2.75) is 51.6 Å². The van der Waals surface area contributed by atoms with Crippen LogP contribution in [0.2, 0.25) is 0 Å². The Morgan fingerprint density at radius 2 is 1.03 bits per heavy atom. The highest BCUT2D eigenvalue weighted by molar-refractivity contribution is 5.83. The Balaban J connectivity index is 2.03. The van der Waals surface area contributed by atoms with Crippen LogP contribution in [0.25, 0.3) is 0 Å². The van der Waals surface area contributed by atoms with E-state index in [2.05, 4.69) is 10.6 Å². The highest BCUT2D eigenvalue weighted by Crippen LogP contribution is 2.14. The second-order valence-corrected chi connectivity index (χ2v) is 7.73. The molecule has 0 unspecified atom stereocenters. The van der Waals surface area contributed by atoms with Crippen molar-refractivity contribution in [1.29, 1.82) is 0 Å². The van der Waals surface area contributed by atoms with E-state index in [1.54, 1.807) is 0 Å². The lowest BCUT2D eigenvalue weighted by Crippen LogP contribution is -2.41. The minimum Gasteiger partial charge on any atom is -0.480 e. The fourth-order valence-corrected chi connectivity index (χ4v) is 3.48. The first-order chi connectivity index (χ1) is 15.1. The second kappa shape index (κ2) is 11.6. The highest BCUT2D eigenvalue weighted by Gasteiger charge is 2.20. The van der Waals surface area contributed by atoms with Gasteiger partial charge < -0.3 is 20.8 Å². The molecule has 8 heteroatoms. The standard InChI is InChI=1S/C24H28N2O6/c1-15(27)25-21(23(29)30)13-19-7-3-5-17(11-19)9-10-18-6-4-8-20(12-18)14-22(24(31)32)26-16(2)28/h3-8,11-12,21-22H,9-10,13-14H2,1-2H3,(H,25,27)(H,26,28)(H,29,30)(H,31,32)/t21-,22+. The lowest BCUT2D eigenvalue weighted by molar-refractivity contribution is -0.141. The summed E-state index contributed by atoms with van der Waals surface area (Å²) < 4.78 is 0. The summed E-state index contributed by atoms with van der Waals surface area (Å²) in [5.41, 5.74) is 3.69. The molecular weight excluding hydrogens is 412 g/mol. The number of aryl methyl sites for hydroxylation is 2. The Kier molecular flexibility index (Phi) is 8.95. The summed E-state index contributed by atoms with van der Waals surface area (Å²) in [7, 11) is 0. The van der Waals surface area contributed by atoms with E-state index in [4.69, 9.17) is 0 Å². The number of carbonyl (C=O) groups is 4. The van der Waals surface area contributed by atoms with E-state index >= 15 is 0 Å². The molecule has 2 atom stereocenters. The Morgan fingerprint density at radius 1 is 0.688 bits per heavy atom. The number of carbonyl (C=O) groups excluding carboxylic acids is 2. The summed E-state index contributed by atoms with van der Waals surface area (Å²) in [6.07, 6.45) is 1.81. The second-order valence-electron chi connectivity index (χ2n) is 7.73. The van der Waals surface area contributed by atoms with Crippen molar-refractivity contribution in [3.05, 3.63) is 70.8 Å². The van der Waals surface area contributed by atoms with Crippen LogP contribution in [-0.4, -0.2) is 46.0 Å². The number of amides is 2. The van der Waals surface area contributed by atoms with Gasteiger partial charge in [-0.2, -0.15) is 0 Å². The third-order valence-corrected chi connectivity index (χ3v) is 4.92. The Bertz CT molecular complexity index is 908. The molecule has 2 aromatic rings. The average molecular weight is 440 g/mol. The van der Waals surface area contributed by atoms with Crippen molar-refractivity contribution >= 4 is 23.8 Å². The lowest BCUT2D eigenvalue weighted by Gasteiger charge is -2.14. The Labute approximate surface area is 186 Å². The number of nitrogens with one attached hydrogen (secondary N) is 2. The van der Waals surface area contributed by atoms with Crippen molar-refractivity contribution in [3.8, 4) is 0 Å². The van der Waals surface area contributed by atoms with Crippen LogP contribution in [0.15, 0.2) is 48.5 Å². The van der Waals surface area contributed by atoms with Crippen LogP contribution in [0.3, 0.4) is 0 Å². The fraction of sp³-hybridized carbons (Fsp3) is 0.333. The van der Waals surface area contributed by atoms with Crippen LogP contribution in [0.4, 0.5) is 0 Å². The number of hydrogen-bond acceptors (Lipinski definition) is 4. The van der Waals surface area contributed by atoms with Gasteiger partial charge in [0.1, 0.15) is 12.1 Å². The summed E-state index contributed by atoms with van der Waals surface area (Å²) in [6.45, 7) is 2.57. The van der Waals surface area contributed by atoms with Crippen LogP contribution in [0.5, 0.6) is 0 Å². The zero-order valence-corrected chi connectivity index (χ0v) is 18.1.